The van der Waals surface area contributed by atoms with Crippen LogP contribution in [0.3, 0.4) is 0 Å². The molecule has 1 aromatic rings. The number of nitrogens with zero attached hydrogens (tertiary/aromatic N) is 1. The second-order valence-electron chi connectivity index (χ2n) is 4.23. The molecule has 1 N–H and O–H groups in total. The van der Waals surface area contributed by atoms with Gasteiger partial charge in [0.2, 0.25) is 0 Å². The maximum absolute atomic E-state index is 13.0. The van der Waals surface area contributed by atoms with Crippen LogP contribution in [0, 0.1) is 5.82 Å². The van der Waals surface area contributed by atoms with Gasteiger partial charge in [-0.3, -0.25) is 4.90 Å². The lowest BCUT2D eigenvalue weighted by Crippen LogP contribution is -2.39. The van der Waals surface area contributed by atoms with Crippen molar-refractivity contribution in [2.45, 2.75) is 0 Å². The topological polar surface area (TPSA) is 33.7 Å². The molecule has 0 atom stereocenters. The smallest absolute Gasteiger partial charge is 0.144 e. The predicted octanol–water partition coefficient (Wildman–Crippen LogP) is 1.58. The SMILES string of the molecule is COc1cc(F)ccc1NCCN1CCOCC1. The highest BCUT2D eigenvalue weighted by molar-refractivity contribution is 5.56. The summed E-state index contributed by atoms with van der Waals surface area (Å²) in [4.78, 5) is 2.34. The molecule has 5 heteroatoms. The maximum atomic E-state index is 13.0. The van der Waals surface area contributed by atoms with Gasteiger partial charge in [0.25, 0.3) is 0 Å². The van der Waals surface area contributed by atoms with Gasteiger partial charge in [0, 0.05) is 32.2 Å². The van der Waals surface area contributed by atoms with E-state index in [0.717, 1.165) is 45.1 Å². The lowest BCUT2D eigenvalue weighted by molar-refractivity contribution is 0.0398. The Bertz CT molecular complexity index is 381. The van der Waals surface area contributed by atoms with E-state index in [1.54, 1.807) is 13.2 Å². The number of hydrogen-bond donors (Lipinski definition) is 1. The Morgan fingerprint density at radius 2 is 2.17 bits per heavy atom. The molecular formula is C13H19FN2O2. The minimum Gasteiger partial charge on any atom is -0.494 e. The van der Waals surface area contributed by atoms with E-state index in [2.05, 4.69) is 10.2 Å². The normalized spacial score (nSPS) is 16.6. The van der Waals surface area contributed by atoms with Gasteiger partial charge in [-0.2, -0.15) is 0 Å². The molecule has 1 saturated heterocycles. The molecule has 0 spiro atoms. The molecule has 0 bridgehead atoms. The minimum atomic E-state index is -0.287. The fourth-order valence-corrected chi connectivity index (χ4v) is 1.98. The Morgan fingerprint density at radius 1 is 1.39 bits per heavy atom. The van der Waals surface area contributed by atoms with Gasteiger partial charge in [0.05, 0.1) is 26.0 Å². The average Bonchev–Trinajstić information content (AvgIpc) is 2.41. The van der Waals surface area contributed by atoms with Gasteiger partial charge in [-0.1, -0.05) is 0 Å². The lowest BCUT2D eigenvalue weighted by atomic mass is 10.3. The Morgan fingerprint density at radius 3 is 2.89 bits per heavy atom. The first-order chi connectivity index (χ1) is 8.79. The highest BCUT2D eigenvalue weighted by atomic mass is 19.1. The lowest BCUT2D eigenvalue weighted by Gasteiger charge is -2.26. The van der Waals surface area contributed by atoms with Crippen LogP contribution in [0.5, 0.6) is 5.75 Å². The summed E-state index contributed by atoms with van der Waals surface area (Å²) in [5.74, 6) is 0.252. The van der Waals surface area contributed by atoms with Gasteiger partial charge in [0.1, 0.15) is 11.6 Å². The molecule has 1 heterocycles. The number of morpholine rings is 1. The number of hydrogen-bond acceptors (Lipinski definition) is 4. The Kier molecular flexibility index (Phi) is 4.78. The molecule has 0 saturated carbocycles. The standard InChI is InChI=1S/C13H19FN2O2/c1-17-13-10-11(14)2-3-12(13)15-4-5-16-6-8-18-9-7-16/h2-3,10,15H,4-9H2,1H3. The quantitative estimate of drug-likeness (QED) is 0.865. The summed E-state index contributed by atoms with van der Waals surface area (Å²) in [7, 11) is 1.54. The van der Waals surface area contributed by atoms with Crippen molar-refractivity contribution in [2.24, 2.45) is 0 Å². The summed E-state index contributed by atoms with van der Waals surface area (Å²) < 4.78 is 23.4. The van der Waals surface area contributed by atoms with Crippen LogP contribution in [0.15, 0.2) is 18.2 Å². The van der Waals surface area contributed by atoms with Crippen molar-refractivity contribution >= 4 is 5.69 Å². The van der Waals surface area contributed by atoms with Crippen molar-refractivity contribution in [1.82, 2.24) is 4.90 Å². The molecule has 0 radical (unpaired) electrons. The summed E-state index contributed by atoms with van der Waals surface area (Å²) in [5, 5.41) is 3.26. The van der Waals surface area contributed by atoms with E-state index < -0.39 is 0 Å². The van der Waals surface area contributed by atoms with Gasteiger partial charge in [-0.05, 0) is 12.1 Å². The molecule has 1 fully saturated rings. The number of methoxy groups -OCH3 is 1. The minimum absolute atomic E-state index is 0.287. The van der Waals surface area contributed by atoms with Crippen LogP contribution in [-0.2, 0) is 4.74 Å². The summed E-state index contributed by atoms with van der Waals surface area (Å²) in [6.45, 7) is 5.32. The number of ether oxygens (including phenoxy) is 2. The van der Waals surface area contributed by atoms with E-state index in [4.69, 9.17) is 9.47 Å². The van der Waals surface area contributed by atoms with Crippen molar-refractivity contribution in [1.29, 1.82) is 0 Å². The summed E-state index contributed by atoms with van der Waals surface area (Å²) in [6, 6.07) is 4.52. The van der Waals surface area contributed by atoms with E-state index in [0.29, 0.717) is 5.75 Å². The van der Waals surface area contributed by atoms with E-state index in [9.17, 15) is 4.39 Å². The fourth-order valence-electron chi connectivity index (χ4n) is 1.98. The van der Waals surface area contributed by atoms with E-state index in [1.807, 2.05) is 0 Å². The molecule has 0 aromatic heterocycles. The second-order valence-corrected chi connectivity index (χ2v) is 4.23. The third kappa shape index (κ3) is 3.58. The third-order valence-electron chi connectivity index (χ3n) is 3.01. The zero-order valence-corrected chi connectivity index (χ0v) is 10.6. The first kappa shape index (κ1) is 13.1. The van der Waals surface area contributed by atoms with Gasteiger partial charge < -0.3 is 14.8 Å². The second kappa shape index (κ2) is 6.56. The monoisotopic (exact) mass is 254 g/mol. The Hall–Kier alpha value is -1.33. The van der Waals surface area contributed by atoms with Gasteiger partial charge in [-0.25, -0.2) is 4.39 Å². The van der Waals surface area contributed by atoms with Gasteiger partial charge in [0.15, 0.2) is 0 Å². The highest BCUT2D eigenvalue weighted by Gasteiger charge is 2.10. The van der Waals surface area contributed by atoms with Crippen LogP contribution in [0.4, 0.5) is 10.1 Å². The number of anilines is 1. The predicted molar refractivity (Wildman–Crippen MR) is 68.7 cm³/mol. The number of nitrogens with one attached hydrogen (secondary N) is 1. The number of rotatable bonds is 5. The summed E-state index contributed by atoms with van der Waals surface area (Å²) >= 11 is 0. The zero-order valence-electron chi connectivity index (χ0n) is 10.6. The van der Waals surface area contributed by atoms with Gasteiger partial charge >= 0.3 is 0 Å². The molecule has 0 aliphatic carbocycles. The summed E-state index contributed by atoms with van der Waals surface area (Å²) in [5.41, 5.74) is 0.826. The molecule has 1 aromatic carbocycles. The molecule has 100 valence electrons. The number of benzene rings is 1. The van der Waals surface area contributed by atoms with Crippen LogP contribution in [-0.4, -0.2) is 51.4 Å². The van der Waals surface area contributed by atoms with Crippen LogP contribution in [0.2, 0.25) is 0 Å². The largest absolute Gasteiger partial charge is 0.494 e. The van der Waals surface area contributed by atoms with E-state index >= 15 is 0 Å². The molecule has 2 rings (SSSR count). The molecule has 1 aliphatic heterocycles. The van der Waals surface area contributed by atoms with Crippen molar-refractivity contribution in [3.05, 3.63) is 24.0 Å². The van der Waals surface area contributed by atoms with Crippen LogP contribution >= 0.6 is 0 Å². The third-order valence-corrected chi connectivity index (χ3v) is 3.01. The van der Waals surface area contributed by atoms with Gasteiger partial charge in [-0.15, -0.1) is 0 Å². The maximum Gasteiger partial charge on any atom is 0.144 e. The first-order valence-corrected chi connectivity index (χ1v) is 6.17. The fraction of sp³-hybridized carbons (Fsp3) is 0.538. The van der Waals surface area contributed by atoms with Crippen molar-refractivity contribution in [2.75, 3.05) is 51.8 Å². The highest BCUT2D eigenvalue weighted by Crippen LogP contribution is 2.24. The van der Waals surface area contributed by atoms with Crippen LogP contribution < -0.4 is 10.1 Å². The number of halogens is 1. The Labute approximate surface area is 107 Å². The van der Waals surface area contributed by atoms with Crippen LogP contribution in [0.1, 0.15) is 0 Å². The van der Waals surface area contributed by atoms with E-state index in [-0.39, 0.29) is 5.82 Å². The molecular weight excluding hydrogens is 235 g/mol. The van der Waals surface area contributed by atoms with Crippen molar-refractivity contribution in [3.63, 3.8) is 0 Å². The molecule has 4 nitrogen and oxygen atoms in total. The molecule has 1 aliphatic rings. The van der Waals surface area contributed by atoms with Crippen molar-refractivity contribution in [3.8, 4) is 5.75 Å². The summed E-state index contributed by atoms with van der Waals surface area (Å²) in [6.07, 6.45) is 0. The molecule has 18 heavy (non-hydrogen) atoms. The van der Waals surface area contributed by atoms with Crippen LogP contribution in [0.25, 0.3) is 0 Å². The van der Waals surface area contributed by atoms with Crippen molar-refractivity contribution < 1.29 is 13.9 Å². The van der Waals surface area contributed by atoms with E-state index in [1.165, 1.54) is 12.1 Å². The molecule has 0 amide bonds. The average molecular weight is 254 g/mol. The Balaban J connectivity index is 1.82. The first-order valence-electron chi connectivity index (χ1n) is 6.17. The molecule has 0 unspecified atom stereocenters. The zero-order chi connectivity index (χ0) is 12.8.